The number of nitrogens with two attached hydrogens (primary N) is 1. The van der Waals surface area contributed by atoms with Crippen molar-refractivity contribution in [2.24, 2.45) is 11.7 Å². The minimum Gasteiger partial charge on any atom is -0.465 e. The highest BCUT2D eigenvalue weighted by Gasteiger charge is 2.19. The van der Waals surface area contributed by atoms with Crippen molar-refractivity contribution in [2.45, 2.75) is 33.2 Å². The van der Waals surface area contributed by atoms with Gasteiger partial charge in [0, 0.05) is 0 Å². The third-order valence-corrected chi connectivity index (χ3v) is 1.82. The van der Waals surface area contributed by atoms with Crippen LogP contribution in [0.5, 0.6) is 0 Å². The van der Waals surface area contributed by atoms with E-state index in [-0.39, 0.29) is 24.3 Å². The third-order valence-electron chi connectivity index (χ3n) is 1.82. The lowest BCUT2D eigenvalue weighted by atomic mass is 10.0. The Balaban J connectivity index is 0. The molecule has 0 aliphatic carbocycles. The first kappa shape index (κ1) is 14.3. The SMILES string of the molecule is CCOC(=O)[C@@H](N)[C@H](C)CC.Cl. The molecule has 0 spiro atoms. The van der Waals surface area contributed by atoms with Crippen molar-refractivity contribution in [1.29, 1.82) is 0 Å². The van der Waals surface area contributed by atoms with Crippen LogP contribution in [0.15, 0.2) is 0 Å². The van der Waals surface area contributed by atoms with E-state index in [9.17, 15) is 4.79 Å². The summed E-state index contributed by atoms with van der Waals surface area (Å²) in [4.78, 5) is 11.0. The van der Waals surface area contributed by atoms with Crippen molar-refractivity contribution in [3.8, 4) is 0 Å². The summed E-state index contributed by atoms with van der Waals surface area (Å²) in [6, 6.07) is -0.458. The first-order chi connectivity index (χ1) is 5.13. The van der Waals surface area contributed by atoms with Gasteiger partial charge in [0.05, 0.1) is 6.61 Å². The second-order valence-electron chi connectivity index (χ2n) is 2.66. The molecule has 0 aliphatic heterocycles. The molecule has 3 nitrogen and oxygen atoms in total. The topological polar surface area (TPSA) is 52.3 Å². The normalized spacial score (nSPS) is 14.3. The van der Waals surface area contributed by atoms with E-state index in [2.05, 4.69) is 0 Å². The average Bonchev–Trinajstić information content (AvgIpc) is 2.02. The molecule has 4 heteroatoms. The number of rotatable bonds is 4. The summed E-state index contributed by atoms with van der Waals surface area (Å²) in [7, 11) is 0. The van der Waals surface area contributed by atoms with Crippen molar-refractivity contribution in [3.05, 3.63) is 0 Å². The van der Waals surface area contributed by atoms with Crippen molar-refractivity contribution < 1.29 is 9.53 Å². The molecule has 0 bridgehead atoms. The fraction of sp³-hybridized carbons (Fsp3) is 0.875. The Labute approximate surface area is 80.1 Å². The van der Waals surface area contributed by atoms with E-state index in [0.717, 1.165) is 6.42 Å². The van der Waals surface area contributed by atoms with Gasteiger partial charge in [-0.15, -0.1) is 12.4 Å². The van der Waals surface area contributed by atoms with E-state index in [4.69, 9.17) is 10.5 Å². The molecule has 0 amide bonds. The molecule has 0 fully saturated rings. The van der Waals surface area contributed by atoms with Gasteiger partial charge in [0.15, 0.2) is 0 Å². The predicted molar refractivity (Wildman–Crippen MR) is 51.3 cm³/mol. The van der Waals surface area contributed by atoms with Gasteiger partial charge in [-0.25, -0.2) is 0 Å². The van der Waals surface area contributed by atoms with E-state index in [0.29, 0.717) is 6.61 Å². The largest absolute Gasteiger partial charge is 0.465 e. The van der Waals surface area contributed by atoms with Crippen LogP contribution in [0.2, 0.25) is 0 Å². The number of halogens is 1. The molecular formula is C8H18ClNO2. The van der Waals surface area contributed by atoms with Gasteiger partial charge in [0.1, 0.15) is 6.04 Å². The molecule has 0 saturated carbocycles. The highest BCUT2D eigenvalue weighted by molar-refractivity contribution is 5.85. The second kappa shape index (κ2) is 7.37. The molecule has 0 aromatic carbocycles. The predicted octanol–water partition coefficient (Wildman–Crippen LogP) is 1.34. The molecule has 12 heavy (non-hydrogen) atoms. The molecule has 0 unspecified atom stereocenters. The molecule has 0 rings (SSSR count). The van der Waals surface area contributed by atoms with Crippen LogP contribution in [0.3, 0.4) is 0 Å². The molecule has 2 atom stereocenters. The molecule has 0 radical (unpaired) electrons. The van der Waals surface area contributed by atoms with Gasteiger partial charge >= 0.3 is 5.97 Å². The molecule has 0 saturated heterocycles. The zero-order valence-electron chi connectivity index (χ0n) is 7.87. The third kappa shape index (κ3) is 4.57. The number of hydrogen-bond donors (Lipinski definition) is 1. The summed E-state index contributed by atoms with van der Waals surface area (Å²) in [5.74, 6) is -0.0871. The van der Waals surface area contributed by atoms with Crippen molar-refractivity contribution >= 4 is 18.4 Å². The summed E-state index contributed by atoms with van der Waals surface area (Å²) in [5, 5.41) is 0. The molecule has 0 heterocycles. The van der Waals surface area contributed by atoms with E-state index in [1.807, 2.05) is 13.8 Å². The minimum atomic E-state index is -0.458. The smallest absolute Gasteiger partial charge is 0.323 e. The Kier molecular flexibility index (Phi) is 8.76. The van der Waals surface area contributed by atoms with E-state index >= 15 is 0 Å². The monoisotopic (exact) mass is 195 g/mol. The number of ether oxygens (including phenoxy) is 1. The summed E-state index contributed by atoms with van der Waals surface area (Å²) in [5.41, 5.74) is 5.58. The van der Waals surface area contributed by atoms with Crippen LogP contribution in [0.1, 0.15) is 27.2 Å². The minimum absolute atomic E-state index is 0. The first-order valence-corrected chi connectivity index (χ1v) is 4.05. The Morgan fingerprint density at radius 2 is 2.00 bits per heavy atom. The maximum Gasteiger partial charge on any atom is 0.323 e. The highest BCUT2D eigenvalue weighted by atomic mass is 35.5. The van der Waals surface area contributed by atoms with Gasteiger partial charge in [-0.1, -0.05) is 20.3 Å². The van der Waals surface area contributed by atoms with E-state index in [1.165, 1.54) is 0 Å². The van der Waals surface area contributed by atoms with Crippen LogP contribution in [-0.2, 0) is 9.53 Å². The van der Waals surface area contributed by atoms with Gasteiger partial charge in [0.2, 0.25) is 0 Å². The first-order valence-electron chi connectivity index (χ1n) is 4.05. The van der Waals surface area contributed by atoms with Crippen LogP contribution < -0.4 is 5.73 Å². The molecule has 2 N–H and O–H groups in total. The van der Waals surface area contributed by atoms with Crippen LogP contribution in [0.4, 0.5) is 0 Å². The van der Waals surface area contributed by atoms with Crippen LogP contribution in [0, 0.1) is 5.92 Å². The Hall–Kier alpha value is -0.280. The maximum atomic E-state index is 11.0. The quantitative estimate of drug-likeness (QED) is 0.689. The second-order valence-corrected chi connectivity index (χ2v) is 2.66. The highest BCUT2D eigenvalue weighted by Crippen LogP contribution is 2.06. The Bertz CT molecular complexity index is 130. The maximum absolute atomic E-state index is 11.0. The fourth-order valence-corrected chi connectivity index (χ4v) is 0.725. The number of carbonyl (C=O) groups excluding carboxylic acids is 1. The van der Waals surface area contributed by atoms with Crippen LogP contribution in [0.25, 0.3) is 0 Å². The fourth-order valence-electron chi connectivity index (χ4n) is 0.725. The van der Waals surface area contributed by atoms with Crippen LogP contribution in [-0.4, -0.2) is 18.6 Å². The van der Waals surface area contributed by atoms with Gasteiger partial charge in [0.25, 0.3) is 0 Å². The standard InChI is InChI=1S/C8H17NO2.ClH/c1-4-6(3)7(9)8(10)11-5-2;/h6-7H,4-5,9H2,1-3H3;1H/t6-,7+;/m1./s1. The lowest BCUT2D eigenvalue weighted by Gasteiger charge is -2.15. The lowest BCUT2D eigenvalue weighted by molar-refractivity contribution is -0.145. The summed E-state index contributed by atoms with van der Waals surface area (Å²) in [6.45, 7) is 6.13. The summed E-state index contributed by atoms with van der Waals surface area (Å²) in [6.07, 6.45) is 0.903. The molecular weight excluding hydrogens is 178 g/mol. The zero-order valence-corrected chi connectivity index (χ0v) is 8.69. The zero-order chi connectivity index (χ0) is 8.85. The Morgan fingerprint density at radius 1 is 1.50 bits per heavy atom. The summed E-state index contributed by atoms with van der Waals surface area (Å²) < 4.78 is 4.76. The van der Waals surface area contributed by atoms with Gasteiger partial charge < -0.3 is 10.5 Å². The van der Waals surface area contributed by atoms with Crippen molar-refractivity contribution in [3.63, 3.8) is 0 Å². The van der Waals surface area contributed by atoms with Crippen LogP contribution >= 0.6 is 12.4 Å². The van der Waals surface area contributed by atoms with Crippen molar-refractivity contribution in [2.75, 3.05) is 6.61 Å². The number of esters is 1. The molecule has 0 aliphatic rings. The molecule has 0 aromatic rings. The van der Waals surface area contributed by atoms with Gasteiger partial charge in [-0.3, -0.25) is 4.79 Å². The number of carbonyl (C=O) groups is 1. The van der Waals surface area contributed by atoms with E-state index in [1.54, 1.807) is 6.92 Å². The van der Waals surface area contributed by atoms with Crippen molar-refractivity contribution in [1.82, 2.24) is 0 Å². The molecule has 0 aromatic heterocycles. The number of hydrogen-bond acceptors (Lipinski definition) is 3. The lowest BCUT2D eigenvalue weighted by Crippen LogP contribution is -2.37. The summed E-state index contributed by atoms with van der Waals surface area (Å²) >= 11 is 0. The van der Waals surface area contributed by atoms with Gasteiger partial charge in [-0.05, 0) is 12.8 Å². The molecule has 74 valence electrons. The van der Waals surface area contributed by atoms with E-state index < -0.39 is 6.04 Å². The average molecular weight is 196 g/mol. The van der Waals surface area contributed by atoms with Gasteiger partial charge in [-0.2, -0.15) is 0 Å². The Morgan fingerprint density at radius 3 is 2.33 bits per heavy atom.